The fourth-order valence-corrected chi connectivity index (χ4v) is 3.32. The average molecular weight is 295 g/mol. The lowest BCUT2D eigenvalue weighted by Gasteiger charge is -2.33. The predicted octanol–water partition coefficient (Wildman–Crippen LogP) is 1.25. The summed E-state index contributed by atoms with van der Waals surface area (Å²) >= 11 is 0. The highest BCUT2D eigenvalue weighted by atomic mass is 15.3. The maximum atomic E-state index is 6.03. The molecule has 1 heterocycles. The zero-order valence-electron chi connectivity index (χ0n) is 13.7. The highest BCUT2D eigenvalue weighted by Crippen LogP contribution is 2.16. The number of guanidine groups is 1. The number of piperazine rings is 1. The number of nitrogens with one attached hydrogen (secondary N) is 1. The molecule has 0 aromatic rings. The highest BCUT2D eigenvalue weighted by molar-refractivity contribution is 5.78. The van der Waals surface area contributed by atoms with E-state index in [1.165, 1.54) is 71.2 Å². The van der Waals surface area contributed by atoms with Gasteiger partial charge in [0.25, 0.3) is 0 Å². The van der Waals surface area contributed by atoms with Crippen molar-refractivity contribution in [1.29, 1.82) is 0 Å². The summed E-state index contributed by atoms with van der Waals surface area (Å²) in [6.45, 7) is 9.97. The van der Waals surface area contributed by atoms with Gasteiger partial charge in [0, 0.05) is 38.8 Å². The second kappa shape index (κ2) is 9.26. The van der Waals surface area contributed by atoms with Crippen molar-refractivity contribution >= 4 is 5.96 Å². The van der Waals surface area contributed by atoms with Crippen LogP contribution in [0.25, 0.3) is 0 Å². The molecule has 1 saturated carbocycles. The minimum atomic E-state index is 0.546. The number of rotatable bonds is 5. The molecule has 2 fully saturated rings. The van der Waals surface area contributed by atoms with Crippen molar-refractivity contribution in [2.75, 3.05) is 45.8 Å². The molecule has 0 atom stereocenters. The van der Waals surface area contributed by atoms with Crippen LogP contribution in [0.1, 0.15) is 45.4 Å². The molecule has 1 saturated heterocycles. The Morgan fingerprint density at radius 2 is 1.67 bits per heavy atom. The van der Waals surface area contributed by atoms with Crippen LogP contribution in [0.5, 0.6) is 0 Å². The third-order valence-electron chi connectivity index (χ3n) is 4.82. The first-order chi connectivity index (χ1) is 10.3. The minimum absolute atomic E-state index is 0.546. The van der Waals surface area contributed by atoms with Crippen molar-refractivity contribution in [3.8, 4) is 0 Å². The summed E-state index contributed by atoms with van der Waals surface area (Å²) in [6.07, 6.45) is 7.89. The lowest BCUT2D eigenvalue weighted by molar-refractivity contribution is 0.140. The van der Waals surface area contributed by atoms with Crippen molar-refractivity contribution in [3.63, 3.8) is 0 Å². The third-order valence-corrected chi connectivity index (χ3v) is 4.82. The molecule has 1 aliphatic carbocycles. The SMILES string of the molecule is CCN1CCN(CCN=C(N)NC2CCCCCC2)CC1. The normalized spacial score (nSPS) is 24.0. The Hall–Kier alpha value is -0.810. The van der Waals surface area contributed by atoms with Gasteiger partial charge in [-0.15, -0.1) is 0 Å². The standard InChI is InChI=1S/C16H33N5/c1-2-20-11-13-21(14-12-20)10-9-18-16(17)19-15-7-5-3-4-6-8-15/h15H,2-14H2,1H3,(H3,17,18,19). The second-order valence-corrected chi connectivity index (χ2v) is 6.38. The van der Waals surface area contributed by atoms with Gasteiger partial charge in [0.2, 0.25) is 0 Å². The Bertz CT molecular complexity index is 302. The van der Waals surface area contributed by atoms with Crippen LogP contribution in [-0.2, 0) is 0 Å². The first-order valence-corrected chi connectivity index (χ1v) is 8.79. The molecule has 0 aromatic carbocycles. The van der Waals surface area contributed by atoms with E-state index >= 15 is 0 Å². The van der Waals surface area contributed by atoms with Crippen LogP contribution in [0.2, 0.25) is 0 Å². The molecule has 2 aliphatic rings. The van der Waals surface area contributed by atoms with E-state index in [0.717, 1.165) is 13.1 Å². The molecule has 0 amide bonds. The number of nitrogens with two attached hydrogens (primary N) is 1. The fraction of sp³-hybridized carbons (Fsp3) is 0.938. The quantitative estimate of drug-likeness (QED) is 0.455. The zero-order valence-corrected chi connectivity index (χ0v) is 13.7. The highest BCUT2D eigenvalue weighted by Gasteiger charge is 2.15. The smallest absolute Gasteiger partial charge is 0.188 e. The van der Waals surface area contributed by atoms with Crippen molar-refractivity contribution in [2.45, 2.75) is 51.5 Å². The van der Waals surface area contributed by atoms with Gasteiger partial charge in [-0.05, 0) is 19.4 Å². The Balaban J connectivity index is 1.62. The molecule has 3 N–H and O–H groups in total. The van der Waals surface area contributed by atoms with Crippen molar-refractivity contribution in [2.24, 2.45) is 10.7 Å². The van der Waals surface area contributed by atoms with Crippen LogP contribution in [0.3, 0.4) is 0 Å². The lowest BCUT2D eigenvalue weighted by atomic mass is 10.1. The van der Waals surface area contributed by atoms with Crippen molar-refractivity contribution in [1.82, 2.24) is 15.1 Å². The lowest BCUT2D eigenvalue weighted by Crippen LogP contribution is -2.47. The van der Waals surface area contributed by atoms with E-state index in [0.29, 0.717) is 12.0 Å². The topological polar surface area (TPSA) is 56.9 Å². The molecule has 0 bridgehead atoms. The number of nitrogens with zero attached hydrogens (tertiary/aromatic N) is 3. The van der Waals surface area contributed by atoms with E-state index in [4.69, 9.17) is 5.73 Å². The van der Waals surface area contributed by atoms with Crippen molar-refractivity contribution in [3.05, 3.63) is 0 Å². The molecule has 1 aliphatic heterocycles. The first kappa shape index (κ1) is 16.6. The van der Waals surface area contributed by atoms with Gasteiger partial charge >= 0.3 is 0 Å². The molecule has 2 rings (SSSR count). The Morgan fingerprint density at radius 1 is 1.05 bits per heavy atom. The van der Waals surface area contributed by atoms with Gasteiger partial charge in [-0.1, -0.05) is 32.6 Å². The molecular weight excluding hydrogens is 262 g/mol. The fourth-order valence-electron chi connectivity index (χ4n) is 3.32. The molecule has 0 aromatic heterocycles. The van der Waals surface area contributed by atoms with Crippen LogP contribution >= 0.6 is 0 Å². The number of hydrogen-bond donors (Lipinski definition) is 2. The van der Waals surface area contributed by atoms with Crippen LogP contribution in [0, 0.1) is 0 Å². The van der Waals surface area contributed by atoms with Gasteiger partial charge in [0.1, 0.15) is 0 Å². The Morgan fingerprint density at radius 3 is 2.29 bits per heavy atom. The first-order valence-electron chi connectivity index (χ1n) is 8.79. The van der Waals surface area contributed by atoms with Gasteiger partial charge in [0.15, 0.2) is 5.96 Å². The van der Waals surface area contributed by atoms with E-state index in [2.05, 4.69) is 27.0 Å². The Labute approximate surface area is 130 Å². The summed E-state index contributed by atoms with van der Waals surface area (Å²) in [5, 5.41) is 3.41. The maximum Gasteiger partial charge on any atom is 0.188 e. The van der Waals surface area contributed by atoms with Gasteiger partial charge in [0.05, 0.1) is 6.54 Å². The largest absolute Gasteiger partial charge is 0.370 e. The molecule has 5 nitrogen and oxygen atoms in total. The van der Waals surface area contributed by atoms with Crippen molar-refractivity contribution < 1.29 is 0 Å². The molecule has 5 heteroatoms. The summed E-state index contributed by atoms with van der Waals surface area (Å²) in [4.78, 5) is 9.51. The zero-order chi connectivity index (χ0) is 14.9. The summed E-state index contributed by atoms with van der Waals surface area (Å²) in [5.74, 6) is 0.647. The van der Waals surface area contributed by atoms with E-state index < -0.39 is 0 Å². The summed E-state index contributed by atoms with van der Waals surface area (Å²) in [7, 11) is 0. The Kier molecular flexibility index (Phi) is 7.30. The van der Waals surface area contributed by atoms with E-state index in [1.807, 2.05) is 0 Å². The van der Waals surface area contributed by atoms with Gasteiger partial charge in [-0.3, -0.25) is 9.89 Å². The molecule has 122 valence electrons. The predicted molar refractivity (Wildman–Crippen MR) is 89.7 cm³/mol. The molecule has 0 unspecified atom stereocenters. The monoisotopic (exact) mass is 295 g/mol. The third kappa shape index (κ3) is 6.22. The molecule has 21 heavy (non-hydrogen) atoms. The summed E-state index contributed by atoms with van der Waals surface area (Å²) in [6, 6.07) is 0.546. The average Bonchev–Trinajstić information content (AvgIpc) is 2.76. The molecule has 0 radical (unpaired) electrons. The molecular formula is C16H33N5. The molecule has 0 spiro atoms. The van der Waals surface area contributed by atoms with Gasteiger partial charge in [-0.2, -0.15) is 0 Å². The van der Waals surface area contributed by atoms with Crippen LogP contribution in [0.15, 0.2) is 4.99 Å². The number of hydrogen-bond acceptors (Lipinski definition) is 3. The van der Waals surface area contributed by atoms with E-state index in [9.17, 15) is 0 Å². The van der Waals surface area contributed by atoms with E-state index in [1.54, 1.807) is 0 Å². The van der Waals surface area contributed by atoms with Crippen LogP contribution in [-0.4, -0.2) is 67.6 Å². The van der Waals surface area contributed by atoms with Gasteiger partial charge < -0.3 is 16.0 Å². The van der Waals surface area contributed by atoms with E-state index in [-0.39, 0.29) is 0 Å². The van der Waals surface area contributed by atoms with Crippen LogP contribution in [0.4, 0.5) is 0 Å². The minimum Gasteiger partial charge on any atom is -0.370 e. The number of aliphatic imine (C=N–C) groups is 1. The maximum absolute atomic E-state index is 6.03. The summed E-state index contributed by atoms with van der Waals surface area (Å²) < 4.78 is 0. The van der Waals surface area contributed by atoms with Crippen LogP contribution < -0.4 is 11.1 Å². The summed E-state index contributed by atoms with van der Waals surface area (Å²) in [5.41, 5.74) is 6.03. The number of likely N-dealkylation sites (N-methyl/N-ethyl adjacent to an activating group) is 1. The second-order valence-electron chi connectivity index (χ2n) is 6.38. The van der Waals surface area contributed by atoms with Gasteiger partial charge in [-0.25, -0.2) is 0 Å².